The van der Waals surface area contributed by atoms with Crippen molar-refractivity contribution in [2.75, 3.05) is 19.5 Å². The lowest BCUT2D eigenvalue weighted by molar-refractivity contribution is -0.130. The molecule has 2 rings (SSSR count). The predicted molar refractivity (Wildman–Crippen MR) is 95.6 cm³/mol. The largest absolute Gasteiger partial charge is 0.493 e. The average Bonchev–Trinajstić information content (AvgIpc) is 2.61. The summed E-state index contributed by atoms with van der Waals surface area (Å²) in [6.45, 7) is -0.773. The maximum atomic E-state index is 12.5. The number of halogens is 2. The van der Waals surface area contributed by atoms with Crippen molar-refractivity contribution < 1.29 is 23.0 Å². The van der Waals surface area contributed by atoms with Crippen LogP contribution in [0.25, 0.3) is 0 Å². The van der Waals surface area contributed by atoms with E-state index < -0.39 is 12.7 Å². The summed E-state index contributed by atoms with van der Waals surface area (Å²) in [6.07, 6.45) is 0. The molecule has 140 valence electrons. The van der Waals surface area contributed by atoms with Crippen molar-refractivity contribution >= 4 is 11.6 Å². The van der Waals surface area contributed by atoms with Crippen LogP contribution in [0.3, 0.4) is 0 Å². The topological polar surface area (TPSA) is 50.8 Å². The zero-order valence-corrected chi connectivity index (χ0v) is 14.9. The van der Waals surface area contributed by atoms with E-state index in [-0.39, 0.29) is 17.4 Å². The van der Waals surface area contributed by atoms with Crippen molar-refractivity contribution in [3.63, 3.8) is 0 Å². The van der Waals surface area contributed by atoms with Gasteiger partial charge in [0.1, 0.15) is 6.04 Å². The second-order valence-corrected chi connectivity index (χ2v) is 5.79. The number of hydrogen-bond acceptors (Lipinski definition) is 4. The Morgan fingerprint density at radius 1 is 1.15 bits per heavy atom. The maximum absolute atomic E-state index is 12.5. The lowest BCUT2D eigenvalue weighted by Crippen LogP contribution is -2.38. The SMILES string of the molecule is COc1ccc(NC(C)C(=O)N(C)Cc2ccccc2)cc1OC(F)F. The van der Waals surface area contributed by atoms with Crippen molar-refractivity contribution in [3.8, 4) is 11.5 Å². The molecule has 0 heterocycles. The predicted octanol–water partition coefficient (Wildman–Crippen LogP) is 3.76. The number of methoxy groups -OCH3 is 1. The highest BCUT2D eigenvalue weighted by atomic mass is 19.3. The van der Waals surface area contributed by atoms with Crippen LogP contribution in [0.1, 0.15) is 12.5 Å². The number of alkyl halides is 2. The van der Waals surface area contributed by atoms with Gasteiger partial charge in [-0.1, -0.05) is 30.3 Å². The minimum atomic E-state index is -2.96. The highest BCUT2D eigenvalue weighted by molar-refractivity contribution is 5.84. The smallest absolute Gasteiger partial charge is 0.387 e. The van der Waals surface area contributed by atoms with Crippen LogP contribution in [0.5, 0.6) is 11.5 Å². The van der Waals surface area contributed by atoms with Gasteiger partial charge in [0.05, 0.1) is 7.11 Å². The molecule has 0 bridgehead atoms. The standard InChI is InChI=1S/C19H22F2N2O3/c1-13(18(24)23(2)12-14-7-5-4-6-8-14)22-15-9-10-16(25-3)17(11-15)26-19(20)21/h4-11,13,19,22H,12H2,1-3H3. The zero-order valence-electron chi connectivity index (χ0n) is 14.9. The average molecular weight is 364 g/mol. The highest BCUT2D eigenvalue weighted by Crippen LogP contribution is 2.31. The number of anilines is 1. The summed E-state index contributed by atoms with van der Waals surface area (Å²) in [4.78, 5) is 14.1. The van der Waals surface area contributed by atoms with Crippen LogP contribution in [-0.4, -0.2) is 37.6 Å². The molecule has 0 spiro atoms. The third-order valence-corrected chi connectivity index (χ3v) is 3.77. The number of likely N-dealkylation sites (N-methyl/N-ethyl adjacent to an activating group) is 1. The second kappa shape index (κ2) is 9.03. The van der Waals surface area contributed by atoms with Gasteiger partial charge in [0.25, 0.3) is 0 Å². The molecule has 0 fully saturated rings. The summed E-state index contributed by atoms with van der Waals surface area (Å²) in [7, 11) is 3.08. The van der Waals surface area contributed by atoms with Crippen molar-refractivity contribution in [2.24, 2.45) is 0 Å². The summed E-state index contributed by atoms with van der Waals surface area (Å²) in [5.41, 5.74) is 1.50. The molecule has 0 aliphatic carbocycles. The summed E-state index contributed by atoms with van der Waals surface area (Å²) < 4.78 is 34.5. The minimum Gasteiger partial charge on any atom is -0.493 e. The summed E-state index contributed by atoms with van der Waals surface area (Å²) in [5.74, 6) is -0.0261. The van der Waals surface area contributed by atoms with Crippen LogP contribution >= 0.6 is 0 Å². The third-order valence-electron chi connectivity index (χ3n) is 3.77. The molecule has 2 aromatic rings. The Morgan fingerprint density at radius 3 is 2.46 bits per heavy atom. The minimum absolute atomic E-state index is 0.0928. The number of benzene rings is 2. The molecule has 5 nitrogen and oxygen atoms in total. The van der Waals surface area contributed by atoms with Crippen LogP contribution < -0.4 is 14.8 Å². The number of nitrogens with zero attached hydrogens (tertiary/aromatic N) is 1. The molecular weight excluding hydrogens is 342 g/mol. The molecule has 1 amide bonds. The third kappa shape index (κ3) is 5.34. The quantitative estimate of drug-likeness (QED) is 0.775. The normalized spacial score (nSPS) is 11.8. The fourth-order valence-electron chi connectivity index (χ4n) is 2.53. The van der Waals surface area contributed by atoms with E-state index in [0.717, 1.165) is 5.56 Å². The van der Waals surface area contributed by atoms with E-state index in [9.17, 15) is 13.6 Å². The van der Waals surface area contributed by atoms with Gasteiger partial charge in [0.2, 0.25) is 5.91 Å². The molecule has 2 aromatic carbocycles. The highest BCUT2D eigenvalue weighted by Gasteiger charge is 2.19. The first-order chi connectivity index (χ1) is 12.4. The maximum Gasteiger partial charge on any atom is 0.387 e. The molecule has 7 heteroatoms. The van der Waals surface area contributed by atoms with E-state index in [1.165, 1.54) is 19.2 Å². The lowest BCUT2D eigenvalue weighted by atomic mass is 10.2. The fraction of sp³-hybridized carbons (Fsp3) is 0.316. The lowest BCUT2D eigenvalue weighted by Gasteiger charge is -2.23. The van der Waals surface area contributed by atoms with Crippen LogP contribution in [-0.2, 0) is 11.3 Å². The molecule has 0 aliphatic heterocycles. The zero-order chi connectivity index (χ0) is 19.1. The number of nitrogens with one attached hydrogen (secondary N) is 1. The van der Waals surface area contributed by atoms with Gasteiger partial charge in [-0.25, -0.2) is 0 Å². The number of ether oxygens (including phenoxy) is 2. The van der Waals surface area contributed by atoms with Gasteiger partial charge in [-0.3, -0.25) is 4.79 Å². The Kier molecular flexibility index (Phi) is 6.77. The van der Waals surface area contributed by atoms with Gasteiger partial charge >= 0.3 is 6.61 Å². The van der Waals surface area contributed by atoms with E-state index in [1.54, 1.807) is 24.9 Å². The van der Waals surface area contributed by atoms with Crippen molar-refractivity contribution in [1.29, 1.82) is 0 Å². The van der Waals surface area contributed by atoms with Gasteiger partial charge in [-0.05, 0) is 24.6 Å². The van der Waals surface area contributed by atoms with Crippen molar-refractivity contribution in [3.05, 3.63) is 54.1 Å². The van der Waals surface area contributed by atoms with Crippen LogP contribution in [0, 0.1) is 0 Å². The molecule has 0 aromatic heterocycles. The molecule has 0 saturated carbocycles. The first-order valence-electron chi connectivity index (χ1n) is 8.09. The molecule has 0 radical (unpaired) electrons. The van der Waals surface area contributed by atoms with E-state index in [4.69, 9.17) is 4.74 Å². The molecule has 0 saturated heterocycles. The number of hydrogen-bond donors (Lipinski definition) is 1. The van der Waals surface area contributed by atoms with Gasteiger partial charge < -0.3 is 19.7 Å². The molecule has 1 atom stereocenters. The van der Waals surface area contributed by atoms with Gasteiger partial charge in [0, 0.05) is 25.3 Å². The molecular formula is C19H22F2N2O3. The summed E-state index contributed by atoms with van der Waals surface area (Å²) in [5, 5.41) is 3.00. The van der Waals surface area contributed by atoms with Crippen LogP contribution in [0.2, 0.25) is 0 Å². The van der Waals surface area contributed by atoms with Gasteiger partial charge in [-0.2, -0.15) is 8.78 Å². The van der Waals surface area contributed by atoms with Crippen molar-refractivity contribution in [1.82, 2.24) is 4.90 Å². The Labute approximate surface area is 151 Å². The molecule has 26 heavy (non-hydrogen) atoms. The number of carbonyl (C=O) groups excluding carboxylic acids is 1. The van der Waals surface area contributed by atoms with Crippen LogP contribution in [0.15, 0.2) is 48.5 Å². The Morgan fingerprint density at radius 2 is 1.85 bits per heavy atom. The molecule has 1 N–H and O–H groups in total. The monoisotopic (exact) mass is 364 g/mol. The number of rotatable bonds is 8. The number of carbonyl (C=O) groups is 1. The van der Waals surface area contributed by atoms with Gasteiger partial charge in [0.15, 0.2) is 11.5 Å². The Bertz CT molecular complexity index is 726. The van der Waals surface area contributed by atoms with Crippen LogP contribution in [0.4, 0.5) is 14.5 Å². The van der Waals surface area contributed by atoms with E-state index in [0.29, 0.717) is 12.2 Å². The summed E-state index contributed by atoms with van der Waals surface area (Å²) >= 11 is 0. The Balaban J connectivity index is 2.03. The fourth-order valence-corrected chi connectivity index (χ4v) is 2.53. The van der Waals surface area contributed by atoms with Crippen molar-refractivity contribution in [2.45, 2.75) is 26.1 Å². The van der Waals surface area contributed by atoms with E-state index >= 15 is 0 Å². The first-order valence-corrected chi connectivity index (χ1v) is 8.09. The first kappa shape index (κ1) is 19.5. The Hall–Kier alpha value is -2.83. The van der Waals surface area contributed by atoms with E-state index in [2.05, 4.69) is 10.1 Å². The number of amides is 1. The molecule has 1 unspecified atom stereocenters. The molecule has 0 aliphatic rings. The second-order valence-electron chi connectivity index (χ2n) is 5.79. The summed E-state index contributed by atoms with van der Waals surface area (Å²) in [6, 6.07) is 13.6. The van der Waals surface area contributed by atoms with Gasteiger partial charge in [-0.15, -0.1) is 0 Å². The van der Waals surface area contributed by atoms with E-state index in [1.807, 2.05) is 30.3 Å².